The number of carbonyl (C=O) groups excluding carboxylic acids is 3. The Bertz CT molecular complexity index is 1160. The lowest BCUT2D eigenvalue weighted by molar-refractivity contribution is -0.132. The number of benzene rings is 2. The van der Waals surface area contributed by atoms with E-state index in [4.69, 9.17) is 21.7 Å². The average molecular weight is 556 g/mol. The summed E-state index contributed by atoms with van der Waals surface area (Å²) in [5, 5.41) is 17.8. The summed E-state index contributed by atoms with van der Waals surface area (Å²) in [6.07, 6.45) is 1.31. The molecule has 2 aromatic carbocycles. The van der Waals surface area contributed by atoms with Gasteiger partial charge in [0.15, 0.2) is 5.96 Å². The smallest absolute Gasteiger partial charge is 0.407 e. The molecule has 0 radical (unpaired) electrons. The van der Waals surface area contributed by atoms with Crippen LogP contribution in [0.2, 0.25) is 5.02 Å². The van der Waals surface area contributed by atoms with E-state index in [9.17, 15) is 14.4 Å². The van der Waals surface area contributed by atoms with Gasteiger partial charge in [0.2, 0.25) is 5.91 Å². The van der Waals surface area contributed by atoms with E-state index in [1.807, 2.05) is 37.3 Å². The largest absolute Gasteiger partial charge is 0.453 e. The first-order valence-corrected chi connectivity index (χ1v) is 13.6. The van der Waals surface area contributed by atoms with Crippen LogP contribution in [0.3, 0.4) is 0 Å². The van der Waals surface area contributed by atoms with Crippen molar-refractivity contribution in [3.8, 4) is 0 Å². The predicted molar refractivity (Wildman–Crippen MR) is 151 cm³/mol. The van der Waals surface area contributed by atoms with Gasteiger partial charge in [-0.3, -0.25) is 19.9 Å². The third kappa shape index (κ3) is 7.72. The zero-order valence-corrected chi connectivity index (χ0v) is 23.7. The van der Waals surface area contributed by atoms with Gasteiger partial charge in [0.25, 0.3) is 5.91 Å². The van der Waals surface area contributed by atoms with Gasteiger partial charge in [-0.1, -0.05) is 67.9 Å². The van der Waals surface area contributed by atoms with Gasteiger partial charge < -0.3 is 20.7 Å². The first-order chi connectivity index (χ1) is 18.6. The lowest BCUT2D eigenvalue weighted by atomic mass is 9.82. The van der Waals surface area contributed by atoms with E-state index in [0.29, 0.717) is 30.8 Å². The molecule has 1 heterocycles. The summed E-state index contributed by atoms with van der Waals surface area (Å²) in [5.41, 5.74) is 0.729. The molecule has 0 unspecified atom stereocenters. The number of guanidine groups is 1. The van der Waals surface area contributed by atoms with Crippen LogP contribution in [0.1, 0.15) is 51.2 Å². The number of hydrogen-bond acceptors (Lipinski definition) is 5. The summed E-state index contributed by atoms with van der Waals surface area (Å²) < 4.78 is 4.69. The summed E-state index contributed by atoms with van der Waals surface area (Å²) in [5.74, 6) is -0.139. The number of nitrogens with zero attached hydrogens (tertiary/aromatic N) is 1. The molecule has 39 heavy (non-hydrogen) atoms. The first-order valence-electron chi connectivity index (χ1n) is 13.2. The van der Waals surface area contributed by atoms with Crippen molar-refractivity contribution in [2.75, 3.05) is 13.7 Å². The highest BCUT2D eigenvalue weighted by atomic mass is 35.5. The van der Waals surface area contributed by atoms with Gasteiger partial charge in [0.05, 0.1) is 7.11 Å². The standard InChI is InChI=1S/C29H38ClN5O4/c1-19(2)18-29(22-10-6-5-7-11-22)26(37)35(27(31)34-29)16-8-9-20(3)32-25(36)24(33-28(38)39-4)17-21-12-14-23(30)15-13-21/h5-7,10-15,19-20,24H,8-9,16-18H2,1-4H3,(H2,31,34)(H,32,36)(H,33,38)/t20-,24-,29+/m0/s1. The van der Waals surface area contributed by atoms with Crippen LogP contribution in [-0.4, -0.2) is 54.5 Å². The highest BCUT2D eigenvalue weighted by Gasteiger charge is 2.50. The Morgan fingerprint density at radius 3 is 2.36 bits per heavy atom. The van der Waals surface area contributed by atoms with Crippen LogP contribution in [0.5, 0.6) is 0 Å². The topological polar surface area (TPSA) is 124 Å². The molecule has 3 atom stereocenters. The fourth-order valence-corrected chi connectivity index (χ4v) is 5.02. The number of nitrogens with one attached hydrogen (secondary N) is 4. The molecule has 1 aliphatic rings. The Hall–Kier alpha value is -3.59. The Balaban J connectivity index is 1.59. The predicted octanol–water partition coefficient (Wildman–Crippen LogP) is 4.20. The van der Waals surface area contributed by atoms with Crippen molar-refractivity contribution in [2.24, 2.45) is 5.92 Å². The highest BCUT2D eigenvalue weighted by Crippen LogP contribution is 2.35. The number of methoxy groups -OCH3 is 1. The summed E-state index contributed by atoms with van der Waals surface area (Å²) in [6.45, 7) is 6.35. The number of rotatable bonds is 12. The van der Waals surface area contributed by atoms with E-state index in [2.05, 4.69) is 29.8 Å². The van der Waals surface area contributed by atoms with Crippen molar-refractivity contribution in [2.45, 2.75) is 64.1 Å². The minimum absolute atomic E-state index is 0.0894. The first kappa shape index (κ1) is 30.0. The zero-order chi connectivity index (χ0) is 28.6. The van der Waals surface area contributed by atoms with Crippen LogP contribution >= 0.6 is 11.6 Å². The van der Waals surface area contributed by atoms with E-state index in [-0.39, 0.29) is 36.2 Å². The maximum atomic E-state index is 13.6. The molecule has 210 valence electrons. The van der Waals surface area contributed by atoms with Gasteiger partial charge in [-0.05, 0) is 55.4 Å². The van der Waals surface area contributed by atoms with Gasteiger partial charge in [0, 0.05) is 24.0 Å². The van der Waals surface area contributed by atoms with E-state index >= 15 is 0 Å². The van der Waals surface area contributed by atoms with E-state index in [1.165, 1.54) is 12.0 Å². The maximum absolute atomic E-state index is 13.6. The molecule has 3 amide bonds. The van der Waals surface area contributed by atoms with Gasteiger partial charge in [-0.2, -0.15) is 0 Å². The number of carbonyl (C=O) groups is 3. The zero-order valence-electron chi connectivity index (χ0n) is 22.9. The molecular formula is C29H38ClN5O4. The Morgan fingerprint density at radius 1 is 1.08 bits per heavy atom. The Labute approximate surface area is 235 Å². The van der Waals surface area contributed by atoms with Crippen LogP contribution < -0.4 is 16.0 Å². The molecule has 3 rings (SSSR count). The molecule has 0 bridgehead atoms. The van der Waals surface area contributed by atoms with Crippen molar-refractivity contribution >= 4 is 35.5 Å². The highest BCUT2D eigenvalue weighted by molar-refractivity contribution is 6.30. The number of ether oxygens (including phenoxy) is 1. The van der Waals surface area contributed by atoms with Gasteiger partial charge in [0.1, 0.15) is 11.6 Å². The van der Waals surface area contributed by atoms with E-state index < -0.39 is 17.7 Å². The second kappa shape index (κ2) is 13.5. The summed E-state index contributed by atoms with van der Waals surface area (Å²) in [6, 6.07) is 15.6. The van der Waals surface area contributed by atoms with Crippen molar-refractivity contribution in [3.63, 3.8) is 0 Å². The second-order valence-electron chi connectivity index (χ2n) is 10.4. The minimum atomic E-state index is -0.958. The summed E-state index contributed by atoms with van der Waals surface area (Å²) in [7, 11) is 1.24. The number of amides is 3. The van der Waals surface area contributed by atoms with E-state index in [1.54, 1.807) is 24.3 Å². The minimum Gasteiger partial charge on any atom is -0.453 e. The Morgan fingerprint density at radius 2 is 1.74 bits per heavy atom. The fraction of sp³-hybridized carbons (Fsp3) is 0.448. The summed E-state index contributed by atoms with van der Waals surface area (Å²) in [4.78, 5) is 40.0. The molecule has 1 saturated heterocycles. The second-order valence-corrected chi connectivity index (χ2v) is 10.8. The molecule has 4 N–H and O–H groups in total. The normalized spacial score (nSPS) is 18.5. The third-order valence-electron chi connectivity index (χ3n) is 6.75. The molecule has 0 aliphatic carbocycles. The molecule has 10 heteroatoms. The molecule has 0 spiro atoms. The molecule has 9 nitrogen and oxygen atoms in total. The molecule has 1 aliphatic heterocycles. The van der Waals surface area contributed by atoms with Gasteiger partial charge in [-0.15, -0.1) is 0 Å². The fourth-order valence-electron chi connectivity index (χ4n) is 4.89. The number of halogens is 1. The van der Waals surface area contributed by atoms with Crippen LogP contribution in [0.25, 0.3) is 0 Å². The molecule has 0 aromatic heterocycles. The lowest BCUT2D eigenvalue weighted by Crippen LogP contribution is -2.50. The molecule has 2 aromatic rings. The van der Waals surface area contributed by atoms with Crippen molar-refractivity contribution in [3.05, 3.63) is 70.7 Å². The monoisotopic (exact) mass is 555 g/mol. The van der Waals surface area contributed by atoms with Crippen LogP contribution in [0.15, 0.2) is 54.6 Å². The van der Waals surface area contributed by atoms with Crippen molar-refractivity contribution in [1.29, 1.82) is 5.41 Å². The van der Waals surface area contributed by atoms with Gasteiger partial charge >= 0.3 is 6.09 Å². The SMILES string of the molecule is COC(=O)N[C@@H](Cc1ccc(Cl)cc1)C(=O)N[C@@H](C)CCCN1C(=N)N[C@](CC(C)C)(c2ccccc2)C1=O. The van der Waals surface area contributed by atoms with Crippen LogP contribution in [-0.2, 0) is 26.3 Å². The molecule has 1 fully saturated rings. The third-order valence-corrected chi connectivity index (χ3v) is 7.00. The van der Waals surface area contributed by atoms with Crippen molar-refractivity contribution in [1.82, 2.24) is 20.9 Å². The quantitative estimate of drug-likeness (QED) is 0.312. The number of alkyl carbamates (subject to hydrolysis) is 1. The average Bonchev–Trinajstić information content (AvgIpc) is 3.14. The molecule has 0 saturated carbocycles. The summed E-state index contributed by atoms with van der Waals surface area (Å²) >= 11 is 5.96. The lowest BCUT2D eigenvalue weighted by Gasteiger charge is -2.29. The van der Waals surface area contributed by atoms with Crippen LogP contribution in [0.4, 0.5) is 4.79 Å². The Kier molecular flexibility index (Phi) is 10.3. The number of hydrogen-bond donors (Lipinski definition) is 4. The van der Waals surface area contributed by atoms with E-state index in [0.717, 1.165) is 11.1 Å². The molecular weight excluding hydrogens is 518 g/mol. The van der Waals surface area contributed by atoms with Gasteiger partial charge in [-0.25, -0.2) is 4.79 Å². The van der Waals surface area contributed by atoms with Crippen LogP contribution in [0, 0.1) is 11.3 Å². The maximum Gasteiger partial charge on any atom is 0.407 e. The van der Waals surface area contributed by atoms with Crippen molar-refractivity contribution < 1.29 is 19.1 Å².